The second-order valence-corrected chi connectivity index (χ2v) is 28.6. The molecule has 0 N–H and O–H groups in total. The van der Waals surface area contributed by atoms with Gasteiger partial charge in [0.05, 0.1) is 12.2 Å². The molecule has 0 heterocycles. The highest BCUT2D eigenvalue weighted by atomic mass is 28.4. The Kier molecular flexibility index (Phi) is 12.6. The van der Waals surface area contributed by atoms with Gasteiger partial charge >= 0.3 is 0 Å². The topological polar surface area (TPSA) is 44.5 Å². The van der Waals surface area contributed by atoms with Crippen molar-refractivity contribution in [2.45, 2.75) is 162 Å². The SMILES string of the molecule is C=C1/C(=C\C=C2/CCC[C@]3(C)[C@@H]([C@H](C)C/C=[N+](\[O-])CCc4ccccc4)CC[C@@H]23)C[C@@H](O[Si](C)(C)C(C)(C)C)C[C@@H]1O[Si](C)(C)C(C)(C)C. The standard InChI is InChI=1S/C43H71NO3Si2/c1-32(25-28-44(45)29-26-34-18-15-14-16-19-34)38-23-24-39-35(20-17-27-43(38,39)9)21-22-36-30-37(46-48(10,11)41(3,4)5)31-40(33(36)2)47-49(12,13)42(6,7)8/h14-16,18-19,21-22,28,32,37-40H,2,17,20,23-27,29-31H2,1,3-13H3/b35-21+,36-22-,44-28-/t32-,37-,38-,39+,40+,43-/m1/s1. The summed E-state index contributed by atoms with van der Waals surface area (Å²) in [5.41, 5.74) is 5.62. The van der Waals surface area contributed by atoms with Gasteiger partial charge in [-0.1, -0.05) is 110 Å². The number of rotatable bonds is 11. The highest BCUT2D eigenvalue weighted by molar-refractivity contribution is 6.74. The summed E-state index contributed by atoms with van der Waals surface area (Å²) >= 11 is 0. The highest BCUT2D eigenvalue weighted by Gasteiger charge is 2.51. The van der Waals surface area contributed by atoms with Gasteiger partial charge in [-0.25, -0.2) is 4.74 Å². The zero-order valence-electron chi connectivity index (χ0n) is 33.5. The lowest BCUT2D eigenvalue weighted by molar-refractivity contribution is -0.453. The lowest BCUT2D eigenvalue weighted by atomic mass is 9.61. The molecule has 274 valence electrons. The van der Waals surface area contributed by atoms with Crippen molar-refractivity contribution in [1.82, 2.24) is 0 Å². The monoisotopic (exact) mass is 705 g/mol. The first-order valence-corrected chi connectivity index (χ1v) is 25.2. The molecule has 1 aromatic carbocycles. The van der Waals surface area contributed by atoms with Crippen LogP contribution in [0.3, 0.4) is 0 Å². The van der Waals surface area contributed by atoms with Gasteiger partial charge in [0.2, 0.25) is 0 Å². The average Bonchev–Trinajstić information content (AvgIpc) is 3.36. The van der Waals surface area contributed by atoms with Crippen molar-refractivity contribution in [3.63, 3.8) is 0 Å². The largest absolute Gasteiger partial charge is 0.624 e. The zero-order valence-corrected chi connectivity index (χ0v) is 35.5. The fraction of sp³-hybridized carbons (Fsp3) is 0.698. The molecule has 0 amide bonds. The van der Waals surface area contributed by atoms with Crippen molar-refractivity contribution in [2.24, 2.45) is 23.2 Å². The van der Waals surface area contributed by atoms with E-state index in [1.807, 2.05) is 24.4 Å². The van der Waals surface area contributed by atoms with Crippen LogP contribution in [0.5, 0.6) is 0 Å². The number of allylic oxidation sites excluding steroid dienone is 3. The van der Waals surface area contributed by atoms with Gasteiger partial charge in [0, 0.05) is 19.3 Å². The Balaban J connectivity index is 1.51. The quantitative estimate of drug-likeness (QED) is 0.0757. The maximum Gasteiger partial charge on any atom is 0.192 e. The fourth-order valence-electron chi connectivity index (χ4n) is 8.40. The number of hydrogen-bond acceptors (Lipinski definition) is 3. The summed E-state index contributed by atoms with van der Waals surface area (Å²) in [5.74, 6) is 1.75. The second kappa shape index (κ2) is 15.5. The summed E-state index contributed by atoms with van der Waals surface area (Å²) < 4.78 is 15.4. The number of hydroxylamine groups is 1. The molecule has 6 atom stereocenters. The third kappa shape index (κ3) is 9.58. The lowest BCUT2D eigenvalue weighted by Crippen LogP contribution is -2.49. The van der Waals surface area contributed by atoms with Crippen molar-refractivity contribution in [3.05, 3.63) is 76.6 Å². The van der Waals surface area contributed by atoms with Crippen LogP contribution in [0.15, 0.2) is 65.8 Å². The molecule has 0 spiro atoms. The van der Waals surface area contributed by atoms with Crippen LogP contribution in [0.4, 0.5) is 0 Å². The number of nitrogens with zero attached hydrogens (tertiary/aromatic N) is 1. The van der Waals surface area contributed by atoms with E-state index in [9.17, 15) is 5.21 Å². The molecule has 4 rings (SSSR count). The van der Waals surface area contributed by atoms with E-state index in [1.165, 1.54) is 53.6 Å². The summed E-state index contributed by atoms with van der Waals surface area (Å²) in [5, 5.41) is 13.0. The molecule has 3 aliphatic rings. The Hall–Kier alpha value is -1.74. The smallest absolute Gasteiger partial charge is 0.192 e. The van der Waals surface area contributed by atoms with Crippen LogP contribution in [-0.4, -0.2) is 46.3 Å². The molecule has 0 bridgehead atoms. The molecular weight excluding hydrogens is 635 g/mol. The second-order valence-electron chi connectivity index (χ2n) is 19.1. The molecular formula is C43H71NO3Si2. The molecule has 0 aromatic heterocycles. The van der Waals surface area contributed by atoms with E-state index in [2.05, 4.69) is 112 Å². The minimum atomic E-state index is -2.00. The Morgan fingerprint density at radius 3 is 2.24 bits per heavy atom. The third-order valence-electron chi connectivity index (χ3n) is 13.6. The first kappa shape index (κ1) is 40.0. The Bertz CT molecular complexity index is 1380. The maximum atomic E-state index is 12.7. The van der Waals surface area contributed by atoms with E-state index < -0.39 is 16.6 Å². The van der Waals surface area contributed by atoms with E-state index in [0.717, 1.165) is 25.7 Å². The maximum absolute atomic E-state index is 12.7. The Morgan fingerprint density at radius 1 is 0.980 bits per heavy atom. The molecule has 0 saturated heterocycles. The van der Waals surface area contributed by atoms with Gasteiger partial charge < -0.3 is 14.1 Å². The van der Waals surface area contributed by atoms with Gasteiger partial charge in [0.15, 0.2) is 29.4 Å². The summed E-state index contributed by atoms with van der Waals surface area (Å²) in [6.07, 6.45) is 16.7. The van der Waals surface area contributed by atoms with Crippen LogP contribution in [0.2, 0.25) is 36.3 Å². The van der Waals surface area contributed by atoms with E-state index in [-0.39, 0.29) is 22.3 Å². The molecule has 3 aliphatic carbocycles. The van der Waals surface area contributed by atoms with E-state index in [0.29, 0.717) is 29.7 Å². The average molecular weight is 706 g/mol. The predicted molar refractivity (Wildman–Crippen MR) is 215 cm³/mol. The summed E-state index contributed by atoms with van der Waals surface area (Å²) in [4.78, 5) is 0. The summed E-state index contributed by atoms with van der Waals surface area (Å²) in [6, 6.07) is 10.3. The number of hydrogen-bond donors (Lipinski definition) is 0. The first-order chi connectivity index (χ1) is 22.6. The van der Waals surface area contributed by atoms with E-state index >= 15 is 0 Å². The van der Waals surface area contributed by atoms with E-state index in [1.54, 1.807) is 5.57 Å². The molecule has 0 radical (unpaired) electrons. The van der Waals surface area contributed by atoms with Crippen molar-refractivity contribution in [3.8, 4) is 0 Å². The van der Waals surface area contributed by atoms with Gasteiger partial charge in [0.25, 0.3) is 0 Å². The molecule has 1 aromatic rings. The van der Waals surface area contributed by atoms with Gasteiger partial charge in [-0.05, 0) is 115 Å². The predicted octanol–water partition coefficient (Wildman–Crippen LogP) is 12.0. The van der Waals surface area contributed by atoms with Gasteiger partial charge in [-0.2, -0.15) is 0 Å². The minimum Gasteiger partial charge on any atom is -0.624 e. The van der Waals surface area contributed by atoms with Crippen LogP contribution >= 0.6 is 0 Å². The molecule has 4 nitrogen and oxygen atoms in total. The van der Waals surface area contributed by atoms with Crippen molar-refractivity contribution in [2.75, 3.05) is 6.54 Å². The van der Waals surface area contributed by atoms with Crippen molar-refractivity contribution >= 4 is 22.8 Å². The van der Waals surface area contributed by atoms with Crippen LogP contribution in [-0.2, 0) is 15.3 Å². The van der Waals surface area contributed by atoms with Crippen molar-refractivity contribution < 1.29 is 13.6 Å². The van der Waals surface area contributed by atoms with Gasteiger partial charge in [-0.15, -0.1) is 0 Å². The van der Waals surface area contributed by atoms with Crippen LogP contribution < -0.4 is 0 Å². The van der Waals surface area contributed by atoms with Crippen LogP contribution in [0.1, 0.15) is 112 Å². The van der Waals surface area contributed by atoms with Crippen LogP contribution in [0, 0.1) is 28.4 Å². The van der Waals surface area contributed by atoms with E-state index in [4.69, 9.17) is 8.85 Å². The Labute approximate surface area is 303 Å². The minimum absolute atomic E-state index is 0.00640. The lowest BCUT2D eigenvalue weighted by Gasteiger charge is -2.45. The summed E-state index contributed by atoms with van der Waals surface area (Å²) in [6.45, 7) is 33.6. The normalized spacial score (nSPS) is 29.8. The van der Waals surface area contributed by atoms with Gasteiger partial charge in [-0.3, -0.25) is 0 Å². The molecule has 0 unspecified atom stereocenters. The molecule has 3 saturated carbocycles. The third-order valence-corrected chi connectivity index (χ3v) is 22.6. The summed E-state index contributed by atoms with van der Waals surface area (Å²) in [7, 11) is -3.94. The van der Waals surface area contributed by atoms with Crippen LogP contribution in [0.25, 0.3) is 0 Å². The van der Waals surface area contributed by atoms with Gasteiger partial charge in [0.1, 0.15) is 0 Å². The van der Waals surface area contributed by atoms with Crippen molar-refractivity contribution in [1.29, 1.82) is 0 Å². The molecule has 3 fully saturated rings. The number of benzene rings is 1. The highest BCUT2D eigenvalue weighted by Crippen LogP contribution is 2.59. The zero-order chi connectivity index (χ0) is 36.4. The molecule has 6 heteroatoms. The Morgan fingerprint density at radius 2 is 1.61 bits per heavy atom. The number of fused-ring (bicyclic) bond motifs is 1. The molecule has 49 heavy (non-hydrogen) atoms. The first-order valence-electron chi connectivity index (χ1n) is 19.4. The molecule has 0 aliphatic heterocycles. The fourth-order valence-corrected chi connectivity index (χ4v) is 11.1.